The van der Waals surface area contributed by atoms with E-state index in [2.05, 4.69) is 0 Å². The van der Waals surface area contributed by atoms with E-state index in [1.54, 1.807) is 6.07 Å². The highest BCUT2D eigenvalue weighted by atomic mass is 35.5. The number of pyridine rings is 1. The molecule has 3 aromatic rings. The first kappa shape index (κ1) is 20.7. The fourth-order valence-electron chi connectivity index (χ4n) is 4.89. The van der Waals surface area contributed by atoms with Crippen molar-refractivity contribution in [2.45, 2.75) is 18.9 Å². The van der Waals surface area contributed by atoms with Gasteiger partial charge in [-0.25, -0.2) is 4.39 Å². The maximum absolute atomic E-state index is 13.3. The molecule has 0 N–H and O–H groups in total. The van der Waals surface area contributed by atoms with Crippen molar-refractivity contribution in [1.29, 1.82) is 0 Å². The number of rotatable bonds is 3. The van der Waals surface area contributed by atoms with Crippen LogP contribution in [0.15, 0.2) is 65.5 Å². The van der Waals surface area contributed by atoms with Gasteiger partial charge in [-0.15, -0.1) is 0 Å². The van der Waals surface area contributed by atoms with E-state index >= 15 is 0 Å². The molecule has 2 atom stereocenters. The highest BCUT2D eigenvalue weighted by Crippen LogP contribution is 2.37. The Bertz CT molecular complexity index is 1250. The highest BCUT2D eigenvalue weighted by molar-refractivity contribution is 6.30. The number of nitrogens with zero attached hydrogens (tertiary/aromatic N) is 2. The maximum Gasteiger partial charge on any atom is 0.253 e. The van der Waals surface area contributed by atoms with Gasteiger partial charge in [-0.2, -0.15) is 0 Å². The van der Waals surface area contributed by atoms with E-state index in [1.165, 1.54) is 24.3 Å². The third-order valence-electron chi connectivity index (χ3n) is 6.33. The molecule has 0 radical (unpaired) electrons. The Kier molecular flexibility index (Phi) is 5.43. The molecule has 1 saturated heterocycles. The standard InChI is InChI=1S/C26H22ClFN2O2/c27-22-8-2-17(3-9-22)1-4-19-7-12-24(31)30-15-18-13-21(25(19)30)16-29(14-18)26(32)20-5-10-23(28)11-6-20/h1-12,18,21H,13-16H2/t18-,21-/m0/s1. The van der Waals surface area contributed by atoms with Gasteiger partial charge in [-0.3, -0.25) is 9.59 Å². The van der Waals surface area contributed by atoms with Crippen LogP contribution in [0.5, 0.6) is 0 Å². The van der Waals surface area contributed by atoms with Crippen LogP contribution < -0.4 is 5.56 Å². The van der Waals surface area contributed by atoms with Crippen LogP contribution in [-0.2, 0) is 6.54 Å². The van der Waals surface area contributed by atoms with Crippen LogP contribution in [0, 0.1) is 11.7 Å². The van der Waals surface area contributed by atoms with Crippen LogP contribution in [0.3, 0.4) is 0 Å². The molecule has 1 amide bonds. The van der Waals surface area contributed by atoms with Crippen molar-refractivity contribution in [1.82, 2.24) is 9.47 Å². The molecule has 5 rings (SSSR count). The lowest BCUT2D eigenvalue weighted by molar-refractivity contribution is 0.0594. The molecular formula is C26H22ClFN2O2. The van der Waals surface area contributed by atoms with Crippen LogP contribution in [0.25, 0.3) is 12.2 Å². The number of likely N-dealkylation sites (tertiary alicyclic amines) is 1. The summed E-state index contributed by atoms with van der Waals surface area (Å²) in [5, 5.41) is 0.685. The topological polar surface area (TPSA) is 42.3 Å². The second kappa shape index (κ2) is 8.40. The molecule has 0 spiro atoms. The Labute approximate surface area is 190 Å². The summed E-state index contributed by atoms with van der Waals surface area (Å²) in [6, 6.07) is 16.7. The van der Waals surface area contributed by atoms with Crippen molar-refractivity contribution in [2.75, 3.05) is 13.1 Å². The average Bonchev–Trinajstić information content (AvgIpc) is 2.80. The van der Waals surface area contributed by atoms with Gasteiger partial charge in [-0.05, 0) is 65.9 Å². The Morgan fingerprint density at radius 3 is 2.44 bits per heavy atom. The molecule has 2 aromatic carbocycles. The smallest absolute Gasteiger partial charge is 0.253 e. The monoisotopic (exact) mass is 448 g/mol. The molecule has 6 heteroatoms. The van der Waals surface area contributed by atoms with Gasteiger partial charge in [0, 0.05) is 47.9 Å². The number of carbonyl (C=O) groups is 1. The first-order valence-corrected chi connectivity index (χ1v) is 11.1. The summed E-state index contributed by atoms with van der Waals surface area (Å²) in [6.45, 7) is 1.74. The Hall–Kier alpha value is -3.18. The maximum atomic E-state index is 13.3. The van der Waals surface area contributed by atoms with Crippen molar-refractivity contribution in [2.24, 2.45) is 5.92 Å². The van der Waals surface area contributed by atoms with Crippen molar-refractivity contribution in [3.05, 3.63) is 104 Å². The Morgan fingerprint density at radius 2 is 1.69 bits per heavy atom. The molecule has 3 heterocycles. The van der Waals surface area contributed by atoms with Gasteiger partial charge in [0.05, 0.1) is 0 Å². The molecule has 32 heavy (non-hydrogen) atoms. The molecule has 2 bridgehead atoms. The van der Waals surface area contributed by atoms with Gasteiger partial charge >= 0.3 is 0 Å². The Balaban J connectivity index is 1.46. The fourth-order valence-corrected chi connectivity index (χ4v) is 5.02. The van der Waals surface area contributed by atoms with Crippen molar-refractivity contribution >= 4 is 29.7 Å². The summed E-state index contributed by atoms with van der Waals surface area (Å²) >= 11 is 5.98. The molecular weight excluding hydrogens is 427 g/mol. The van der Waals surface area contributed by atoms with E-state index in [4.69, 9.17) is 11.6 Å². The summed E-state index contributed by atoms with van der Waals surface area (Å²) in [6.07, 6.45) is 4.97. The number of carbonyl (C=O) groups excluding carboxylic acids is 1. The van der Waals surface area contributed by atoms with Gasteiger partial charge in [0.15, 0.2) is 0 Å². The molecule has 0 unspecified atom stereocenters. The molecule has 1 fully saturated rings. The van der Waals surface area contributed by atoms with E-state index < -0.39 is 0 Å². The van der Waals surface area contributed by atoms with Gasteiger partial charge in [0.1, 0.15) is 5.82 Å². The minimum Gasteiger partial charge on any atom is -0.338 e. The molecule has 162 valence electrons. The summed E-state index contributed by atoms with van der Waals surface area (Å²) in [5.41, 5.74) is 3.47. The minimum atomic E-state index is -0.359. The normalized spacial score (nSPS) is 19.8. The van der Waals surface area contributed by atoms with Crippen LogP contribution in [0.2, 0.25) is 5.02 Å². The number of amides is 1. The second-order valence-corrected chi connectivity index (χ2v) is 8.96. The Morgan fingerprint density at radius 1 is 0.938 bits per heavy atom. The quantitative estimate of drug-likeness (QED) is 0.561. The molecule has 2 aliphatic rings. The number of benzene rings is 2. The summed E-state index contributed by atoms with van der Waals surface area (Å²) < 4.78 is 15.1. The zero-order valence-electron chi connectivity index (χ0n) is 17.4. The van der Waals surface area contributed by atoms with E-state index in [1.807, 2.05) is 52.0 Å². The average molecular weight is 449 g/mol. The first-order valence-electron chi connectivity index (χ1n) is 10.7. The van der Waals surface area contributed by atoms with Gasteiger partial charge in [-0.1, -0.05) is 35.9 Å². The van der Waals surface area contributed by atoms with Crippen molar-refractivity contribution in [3.8, 4) is 0 Å². The van der Waals surface area contributed by atoms with E-state index in [-0.39, 0.29) is 29.1 Å². The SMILES string of the molecule is O=C(c1ccc(F)cc1)N1C[C@@H]2C[C@@H](C1)c1c(C=Cc3ccc(Cl)cc3)ccc(=O)n1C2. The molecule has 0 saturated carbocycles. The lowest BCUT2D eigenvalue weighted by Gasteiger charge is -2.43. The number of halogens is 2. The number of piperidine rings is 1. The lowest BCUT2D eigenvalue weighted by atomic mass is 9.81. The predicted molar refractivity (Wildman–Crippen MR) is 124 cm³/mol. The van der Waals surface area contributed by atoms with Crippen LogP contribution in [0.1, 0.15) is 39.5 Å². The molecule has 1 aromatic heterocycles. The molecule has 4 nitrogen and oxygen atoms in total. The van der Waals surface area contributed by atoms with Gasteiger partial charge < -0.3 is 9.47 Å². The lowest BCUT2D eigenvalue weighted by Crippen LogP contribution is -2.49. The zero-order chi connectivity index (χ0) is 22.2. The van der Waals surface area contributed by atoms with Crippen LogP contribution >= 0.6 is 11.6 Å². The summed E-state index contributed by atoms with van der Waals surface area (Å²) in [4.78, 5) is 27.5. The van der Waals surface area contributed by atoms with E-state index in [9.17, 15) is 14.0 Å². The number of hydrogen-bond donors (Lipinski definition) is 0. The predicted octanol–water partition coefficient (Wildman–Crippen LogP) is 5.07. The molecule has 2 aliphatic heterocycles. The van der Waals surface area contributed by atoms with Gasteiger partial charge in [0.2, 0.25) is 0 Å². The summed E-state index contributed by atoms with van der Waals surface area (Å²) in [5.74, 6) is -0.156. The van der Waals surface area contributed by atoms with Crippen molar-refractivity contribution in [3.63, 3.8) is 0 Å². The first-order chi connectivity index (χ1) is 15.5. The second-order valence-electron chi connectivity index (χ2n) is 8.52. The fraction of sp³-hybridized carbons (Fsp3) is 0.231. The zero-order valence-corrected chi connectivity index (χ0v) is 18.1. The highest BCUT2D eigenvalue weighted by Gasteiger charge is 2.37. The summed E-state index contributed by atoms with van der Waals surface area (Å²) in [7, 11) is 0. The van der Waals surface area contributed by atoms with Crippen molar-refractivity contribution < 1.29 is 9.18 Å². The third-order valence-corrected chi connectivity index (χ3v) is 6.58. The van der Waals surface area contributed by atoms with Crippen LogP contribution in [0.4, 0.5) is 4.39 Å². The number of fused-ring (bicyclic) bond motifs is 4. The van der Waals surface area contributed by atoms with Gasteiger partial charge in [0.25, 0.3) is 11.5 Å². The third kappa shape index (κ3) is 4.00. The largest absolute Gasteiger partial charge is 0.338 e. The number of hydrogen-bond acceptors (Lipinski definition) is 2. The number of aromatic nitrogens is 1. The minimum absolute atomic E-state index is 0.00310. The van der Waals surface area contributed by atoms with E-state index in [0.717, 1.165) is 23.2 Å². The van der Waals surface area contributed by atoms with Crippen LogP contribution in [-0.4, -0.2) is 28.5 Å². The van der Waals surface area contributed by atoms with E-state index in [0.29, 0.717) is 30.2 Å². The molecule has 0 aliphatic carbocycles.